The van der Waals surface area contributed by atoms with E-state index in [0.29, 0.717) is 12.4 Å². The molecule has 108 valence electrons. The number of ether oxygens (including phenoxy) is 2. The molecule has 0 aromatic heterocycles. The molecular formula is C14H17NO5. The van der Waals surface area contributed by atoms with Crippen LogP contribution in [0.5, 0.6) is 5.75 Å². The molecule has 1 aromatic carbocycles. The van der Waals surface area contributed by atoms with Gasteiger partial charge in [0.15, 0.2) is 12.1 Å². The van der Waals surface area contributed by atoms with Gasteiger partial charge in [-0.1, -0.05) is 12.1 Å². The Bertz CT molecular complexity index is 508. The zero-order valence-corrected chi connectivity index (χ0v) is 11.2. The third-order valence-electron chi connectivity index (χ3n) is 3.17. The third-order valence-corrected chi connectivity index (χ3v) is 3.17. The largest absolute Gasteiger partial charge is 0.484 e. The molecule has 0 radical (unpaired) electrons. The minimum Gasteiger partial charge on any atom is -0.484 e. The molecule has 1 fully saturated rings. The number of aryl methyl sites for hydroxylation is 1. The molecule has 1 aliphatic rings. The van der Waals surface area contributed by atoms with Crippen LogP contribution in [0.15, 0.2) is 24.3 Å². The van der Waals surface area contributed by atoms with Gasteiger partial charge in [0, 0.05) is 13.0 Å². The normalized spacial score (nSPS) is 21.4. The highest BCUT2D eigenvalue weighted by Gasteiger charge is 2.43. The summed E-state index contributed by atoms with van der Waals surface area (Å²) in [4.78, 5) is 23.1. The van der Waals surface area contributed by atoms with Crippen LogP contribution in [0.3, 0.4) is 0 Å². The monoisotopic (exact) mass is 279 g/mol. The van der Waals surface area contributed by atoms with E-state index in [1.165, 1.54) is 0 Å². The van der Waals surface area contributed by atoms with E-state index in [1.54, 1.807) is 12.1 Å². The second-order valence-corrected chi connectivity index (χ2v) is 4.84. The maximum Gasteiger partial charge on any atom is 0.331 e. The lowest BCUT2D eigenvalue weighted by molar-refractivity contribution is -0.148. The van der Waals surface area contributed by atoms with Crippen molar-refractivity contribution in [3.8, 4) is 5.75 Å². The van der Waals surface area contributed by atoms with Crippen LogP contribution in [-0.4, -0.2) is 42.3 Å². The van der Waals surface area contributed by atoms with Crippen molar-refractivity contribution in [3.63, 3.8) is 0 Å². The Kier molecular flexibility index (Phi) is 4.24. The van der Waals surface area contributed by atoms with Crippen molar-refractivity contribution in [3.05, 3.63) is 29.8 Å². The molecule has 0 bridgehead atoms. The lowest BCUT2D eigenvalue weighted by Crippen LogP contribution is -2.56. The molecular weight excluding hydrogens is 262 g/mol. The van der Waals surface area contributed by atoms with Gasteiger partial charge in [-0.15, -0.1) is 0 Å². The standard InChI is InChI=1S/C14H17NO5/c1-10-3-2-4-11(7-10)20-8-12(16)15-14(13(17)18)5-6-19-9-14/h2-4,7H,5-6,8-9H2,1H3,(H,15,16)(H,17,18). The maximum absolute atomic E-state index is 11.8. The average molecular weight is 279 g/mol. The van der Waals surface area contributed by atoms with Crippen LogP contribution in [-0.2, 0) is 14.3 Å². The van der Waals surface area contributed by atoms with Crippen LogP contribution in [0.25, 0.3) is 0 Å². The maximum atomic E-state index is 11.8. The van der Waals surface area contributed by atoms with Crippen LogP contribution in [0.1, 0.15) is 12.0 Å². The van der Waals surface area contributed by atoms with Crippen molar-refractivity contribution in [1.29, 1.82) is 0 Å². The van der Waals surface area contributed by atoms with Gasteiger partial charge in [0.25, 0.3) is 5.91 Å². The number of rotatable bonds is 5. The molecule has 1 unspecified atom stereocenters. The molecule has 20 heavy (non-hydrogen) atoms. The number of carbonyl (C=O) groups excluding carboxylic acids is 1. The first-order valence-electron chi connectivity index (χ1n) is 6.33. The average Bonchev–Trinajstić information content (AvgIpc) is 2.86. The number of carboxylic acid groups (broad SMARTS) is 1. The lowest BCUT2D eigenvalue weighted by Gasteiger charge is -2.23. The van der Waals surface area contributed by atoms with Gasteiger partial charge in [-0.25, -0.2) is 4.79 Å². The number of hydrogen-bond acceptors (Lipinski definition) is 4. The SMILES string of the molecule is Cc1cccc(OCC(=O)NC2(C(=O)O)CCOC2)c1. The fourth-order valence-electron chi connectivity index (χ4n) is 2.04. The Hall–Kier alpha value is -2.08. The number of benzene rings is 1. The molecule has 2 rings (SSSR count). The number of carboxylic acids is 1. The molecule has 0 saturated carbocycles. The minimum absolute atomic E-state index is 0.0154. The smallest absolute Gasteiger partial charge is 0.331 e. The number of nitrogens with one attached hydrogen (secondary N) is 1. The summed E-state index contributed by atoms with van der Waals surface area (Å²) in [5.41, 5.74) is -0.304. The first-order valence-corrected chi connectivity index (χ1v) is 6.33. The lowest BCUT2D eigenvalue weighted by atomic mass is 9.99. The second-order valence-electron chi connectivity index (χ2n) is 4.84. The number of aliphatic carboxylic acids is 1. The fraction of sp³-hybridized carbons (Fsp3) is 0.429. The van der Waals surface area contributed by atoms with Crippen LogP contribution in [0, 0.1) is 6.92 Å². The van der Waals surface area contributed by atoms with Gasteiger partial charge in [0.2, 0.25) is 0 Å². The van der Waals surface area contributed by atoms with E-state index in [9.17, 15) is 14.7 Å². The van der Waals surface area contributed by atoms with Crippen molar-refractivity contribution in [2.45, 2.75) is 18.9 Å². The van der Waals surface area contributed by atoms with E-state index >= 15 is 0 Å². The van der Waals surface area contributed by atoms with Gasteiger partial charge in [-0.05, 0) is 24.6 Å². The topological polar surface area (TPSA) is 84.9 Å². The van der Waals surface area contributed by atoms with Crippen molar-refractivity contribution in [1.82, 2.24) is 5.32 Å². The molecule has 1 aromatic rings. The Balaban J connectivity index is 1.90. The molecule has 6 heteroatoms. The predicted octanol–water partition coefficient (Wildman–Crippen LogP) is 0.734. The van der Waals surface area contributed by atoms with E-state index in [1.807, 2.05) is 19.1 Å². The highest BCUT2D eigenvalue weighted by Crippen LogP contribution is 2.19. The van der Waals surface area contributed by atoms with Gasteiger partial charge >= 0.3 is 5.97 Å². The van der Waals surface area contributed by atoms with Gasteiger partial charge in [-0.2, -0.15) is 0 Å². The van der Waals surface area contributed by atoms with Crippen molar-refractivity contribution in [2.75, 3.05) is 19.8 Å². The molecule has 1 heterocycles. The molecule has 1 amide bonds. The number of hydrogen-bond donors (Lipinski definition) is 2. The fourth-order valence-corrected chi connectivity index (χ4v) is 2.04. The third kappa shape index (κ3) is 3.27. The van der Waals surface area contributed by atoms with E-state index in [4.69, 9.17) is 9.47 Å². The second kappa shape index (κ2) is 5.92. The summed E-state index contributed by atoms with van der Waals surface area (Å²) in [5, 5.41) is 11.7. The summed E-state index contributed by atoms with van der Waals surface area (Å²) >= 11 is 0. The van der Waals surface area contributed by atoms with Crippen molar-refractivity contribution >= 4 is 11.9 Å². The predicted molar refractivity (Wildman–Crippen MR) is 70.6 cm³/mol. The Labute approximate surface area is 116 Å². The highest BCUT2D eigenvalue weighted by molar-refractivity contribution is 5.88. The first-order chi connectivity index (χ1) is 9.52. The quantitative estimate of drug-likeness (QED) is 0.830. The van der Waals surface area contributed by atoms with Crippen molar-refractivity contribution in [2.24, 2.45) is 0 Å². The Morgan fingerprint density at radius 1 is 1.50 bits per heavy atom. The van der Waals surface area contributed by atoms with Gasteiger partial charge in [0.05, 0.1) is 6.61 Å². The molecule has 2 N–H and O–H groups in total. The van der Waals surface area contributed by atoms with Crippen LogP contribution < -0.4 is 10.1 Å². The molecule has 1 aliphatic heterocycles. The van der Waals surface area contributed by atoms with Gasteiger partial charge < -0.3 is 19.9 Å². The number of carbonyl (C=O) groups is 2. The van der Waals surface area contributed by atoms with E-state index in [2.05, 4.69) is 5.32 Å². The minimum atomic E-state index is -1.33. The summed E-state index contributed by atoms with van der Waals surface area (Å²) in [6.45, 7) is 2.00. The first kappa shape index (κ1) is 14.3. The molecule has 0 aliphatic carbocycles. The van der Waals surface area contributed by atoms with Crippen LogP contribution in [0.2, 0.25) is 0 Å². The summed E-state index contributed by atoms with van der Waals surface area (Å²) in [6.07, 6.45) is 0.262. The summed E-state index contributed by atoms with van der Waals surface area (Å²) in [6, 6.07) is 7.29. The van der Waals surface area contributed by atoms with Gasteiger partial charge in [-0.3, -0.25) is 4.79 Å². The van der Waals surface area contributed by atoms with E-state index in [0.717, 1.165) is 5.56 Å². The van der Waals surface area contributed by atoms with Crippen LogP contribution >= 0.6 is 0 Å². The molecule has 1 atom stereocenters. The summed E-state index contributed by atoms with van der Waals surface area (Å²) < 4.78 is 10.4. The Morgan fingerprint density at radius 2 is 2.30 bits per heavy atom. The number of amides is 1. The molecule has 1 saturated heterocycles. The van der Waals surface area contributed by atoms with E-state index in [-0.39, 0.29) is 19.6 Å². The summed E-state index contributed by atoms with van der Waals surface area (Å²) in [7, 11) is 0. The molecule has 0 spiro atoms. The summed E-state index contributed by atoms with van der Waals surface area (Å²) in [5.74, 6) is -0.981. The van der Waals surface area contributed by atoms with E-state index < -0.39 is 17.4 Å². The highest BCUT2D eigenvalue weighted by atomic mass is 16.5. The zero-order valence-electron chi connectivity index (χ0n) is 11.2. The zero-order chi connectivity index (χ0) is 14.6. The molecule has 6 nitrogen and oxygen atoms in total. The Morgan fingerprint density at radius 3 is 2.90 bits per heavy atom. The van der Waals surface area contributed by atoms with Crippen molar-refractivity contribution < 1.29 is 24.2 Å². The van der Waals surface area contributed by atoms with Gasteiger partial charge in [0.1, 0.15) is 5.75 Å². The van der Waals surface area contributed by atoms with Crippen LogP contribution in [0.4, 0.5) is 0 Å².